The van der Waals surface area contributed by atoms with Crippen molar-refractivity contribution in [2.24, 2.45) is 0 Å². The van der Waals surface area contributed by atoms with Crippen molar-refractivity contribution in [3.63, 3.8) is 0 Å². The van der Waals surface area contributed by atoms with Crippen LogP contribution in [0.1, 0.15) is 10.4 Å². The lowest BCUT2D eigenvalue weighted by Gasteiger charge is -2.10. The van der Waals surface area contributed by atoms with Crippen LogP contribution in [0.25, 0.3) is 0 Å². The van der Waals surface area contributed by atoms with E-state index in [1.807, 2.05) is 0 Å². The summed E-state index contributed by atoms with van der Waals surface area (Å²) in [5.74, 6) is -0.403. The molecule has 0 saturated heterocycles. The lowest BCUT2D eigenvalue weighted by Crippen LogP contribution is -2.21. The third-order valence-electron chi connectivity index (χ3n) is 1.72. The van der Waals surface area contributed by atoms with E-state index in [0.29, 0.717) is 0 Å². The van der Waals surface area contributed by atoms with Crippen LogP contribution in [0.2, 0.25) is 0 Å². The number of ether oxygens (including phenoxy) is 1. The van der Waals surface area contributed by atoms with Gasteiger partial charge in [0.25, 0.3) is 0 Å². The lowest BCUT2D eigenvalue weighted by atomic mass is 10.2. The van der Waals surface area contributed by atoms with Crippen molar-refractivity contribution in [2.45, 2.75) is 6.18 Å². The van der Waals surface area contributed by atoms with Gasteiger partial charge in [0.2, 0.25) is 5.88 Å². The highest BCUT2D eigenvalue weighted by molar-refractivity contribution is 7.99. The van der Waals surface area contributed by atoms with Gasteiger partial charge in [0.05, 0.1) is 11.3 Å². The van der Waals surface area contributed by atoms with Gasteiger partial charge < -0.3 is 4.74 Å². The summed E-state index contributed by atoms with van der Waals surface area (Å²) in [4.78, 5) is 15.2. The van der Waals surface area contributed by atoms with Gasteiger partial charge in [-0.1, -0.05) is 0 Å². The quantitative estimate of drug-likeness (QED) is 0.767. The molecule has 0 bridgehead atoms. The number of ketones is 1. The number of alkyl halides is 3. The van der Waals surface area contributed by atoms with E-state index in [2.05, 4.69) is 9.72 Å². The monoisotopic (exact) mass is 265 g/mol. The molecule has 0 aromatic carbocycles. The fourth-order valence-corrected chi connectivity index (χ4v) is 1.49. The highest BCUT2D eigenvalue weighted by atomic mass is 32.2. The van der Waals surface area contributed by atoms with Crippen molar-refractivity contribution in [3.8, 4) is 5.88 Å². The van der Waals surface area contributed by atoms with Crippen LogP contribution in [0.3, 0.4) is 0 Å². The van der Waals surface area contributed by atoms with Crippen LogP contribution >= 0.6 is 11.8 Å². The molecule has 0 aliphatic heterocycles. The first kappa shape index (κ1) is 13.8. The normalized spacial score (nSPS) is 11.3. The van der Waals surface area contributed by atoms with E-state index < -0.39 is 12.8 Å². The second kappa shape index (κ2) is 5.90. The lowest BCUT2D eigenvalue weighted by molar-refractivity contribution is -0.154. The number of thioether (sulfide) groups is 1. The average molecular weight is 265 g/mol. The van der Waals surface area contributed by atoms with E-state index >= 15 is 0 Å². The van der Waals surface area contributed by atoms with Crippen LogP contribution in [-0.2, 0) is 0 Å². The molecule has 0 spiro atoms. The van der Waals surface area contributed by atoms with Gasteiger partial charge in [-0.05, 0) is 18.4 Å². The molecule has 0 unspecified atom stereocenters. The number of carbonyl (C=O) groups is 1. The van der Waals surface area contributed by atoms with Crippen LogP contribution in [0.5, 0.6) is 5.88 Å². The summed E-state index contributed by atoms with van der Waals surface area (Å²) < 4.78 is 40.4. The van der Waals surface area contributed by atoms with Gasteiger partial charge in [-0.25, -0.2) is 4.98 Å². The molecular weight excluding hydrogens is 255 g/mol. The maximum absolute atomic E-state index is 12.0. The summed E-state index contributed by atoms with van der Waals surface area (Å²) in [6, 6.07) is 2.88. The third-order valence-corrected chi connectivity index (χ3v) is 2.27. The number of Topliss-reactive ketones (excluding diaryl/α,β-unsaturated/α-hetero) is 1. The first-order valence-electron chi connectivity index (χ1n) is 4.61. The van der Waals surface area contributed by atoms with Gasteiger partial charge in [-0.2, -0.15) is 24.9 Å². The Morgan fingerprint density at radius 1 is 1.53 bits per heavy atom. The molecule has 0 amide bonds. The number of halogens is 3. The minimum atomic E-state index is -4.45. The Hall–Kier alpha value is -1.24. The minimum Gasteiger partial charge on any atom is -0.467 e. The highest BCUT2D eigenvalue weighted by Crippen LogP contribution is 2.20. The topological polar surface area (TPSA) is 39.2 Å². The minimum absolute atomic E-state index is 0.0751. The zero-order valence-corrected chi connectivity index (χ0v) is 9.77. The fourth-order valence-electron chi connectivity index (χ4n) is 1.08. The number of carbonyl (C=O) groups excluding carboxylic acids is 1. The fraction of sp³-hybridized carbons (Fsp3) is 0.400. The van der Waals surface area contributed by atoms with Gasteiger partial charge in [0.15, 0.2) is 12.4 Å². The van der Waals surface area contributed by atoms with E-state index in [1.165, 1.54) is 30.1 Å². The molecule has 0 N–H and O–H groups in total. The van der Waals surface area contributed by atoms with E-state index in [1.54, 1.807) is 6.26 Å². The van der Waals surface area contributed by atoms with E-state index in [9.17, 15) is 18.0 Å². The Bertz CT molecular complexity index is 395. The molecule has 17 heavy (non-hydrogen) atoms. The first-order chi connectivity index (χ1) is 7.94. The standard InChI is InChI=1S/C10H10F3NO2S/c1-17-5-8(15)7-3-2-4-14-9(7)16-6-10(11,12)13/h2-4H,5-6H2,1H3. The van der Waals surface area contributed by atoms with Crippen LogP contribution < -0.4 is 4.74 Å². The van der Waals surface area contributed by atoms with Gasteiger partial charge in [0, 0.05) is 6.20 Å². The predicted octanol–water partition coefficient (Wildman–Crippen LogP) is 2.57. The maximum Gasteiger partial charge on any atom is 0.422 e. The molecule has 0 saturated carbocycles. The maximum atomic E-state index is 12.0. The van der Waals surface area contributed by atoms with E-state index in [-0.39, 0.29) is 23.0 Å². The molecule has 1 aromatic rings. The summed E-state index contributed by atoms with van der Waals surface area (Å²) in [6.45, 7) is -1.45. The van der Waals surface area contributed by atoms with Crippen molar-refractivity contribution < 1.29 is 22.7 Å². The van der Waals surface area contributed by atoms with Gasteiger partial charge in [-0.3, -0.25) is 4.79 Å². The van der Waals surface area contributed by atoms with E-state index in [4.69, 9.17) is 0 Å². The molecule has 3 nitrogen and oxygen atoms in total. The van der Waals surface area contributed by atoms with Crippen LogP contribution in [0.15, 0.2) is 18.3 Å². The molecule has 94 valence electrons. The van der Waals surface area contributed by atoms with Gasteiger partial charge in [-0.15, -0.1) is 0 Å². The number of nitrogens with zero attached hydrogens (tertiary/aromatic N) is 1. The SMILES string of the molecule is CSCC(=O)c1cccnc1OCC(F)(F)F. The van der Waals surface area contributed by atoms with Gasteiger partial charge in [0.1, 0.15) is 0 Å². The molecule has 0 aliphatic rings. The molecule has 7 heteroatoms. The van der Waals surface area contributed by atoms with Crippen molar-refractivity contribution >= 4 is 17.5 Å². The zero-order valence-electron chi connectivity index (χ0n) is 8.95. The summed E-state index contributed by atoms with van der Waals surface area (Å²) in [6.07, 6.45) is -1.44. The highest BCUT2D eigenvalue weighted by Gasteiger charge is 2.29. The van der Waals surface area contributed by atoms with Crippen LogP contribution in [0, 0.1) is 0 Å². The summed E-state index contributed by atoms with van der Waals surface area (Å²) in [7, 11) is 0. The second-order valence-corrected chi connectivity index (χ2v) is 3.98. The molecular formula is C10H10F3NO2S. The molecule has 1 heterocycles. The van der Waals surface area contributed by atoms with E-state index in [0.717, 1.165) is 0 Å². The average Bonchev–Trinajstić information content (AvgIpc) is 2.26. The van der Waals surface area contributed by atoms with Crippen LogP contribution in [-0.4, -0.2) is 35.6 Å². The Kier molecular flexibility index (Phi) is 4.80. The molecule has 1 aromatic heterocycles. The van der Waals surface area contributed by atoms with Gasteiger partial charge >= 0.3 is 6.18 Å². The molecule has 0 aliphatic carbocycles. The Labute approximate surface area is 100 Å². The number of hydrogen-bond donors (Lipinski definition) is 0. The summed E-state index contributed by atoms with van der Waals surface area (Å²) in [5.41, 5.74) is 0.0751. The van der Waals surface area contributed by atoms with Crippen molar-refractivity contribution in [1.29, 1.82) is 0 Å². The molecule has 0 fully saturated rings. The number of pyridine rings is 1. The largest absolute Gasteiger partial charge is 0.467 e. The Morgan fingerprint density at radius 2 is 2.24 bits per heavy atom. The number of hydrogen-bond acceptors (Lipinski definition) is 4. The Balaban J connectivity index is 2.81. The second-order valence-electron chi connectivity index (χ2n) is 3.12. The number of rotatable bonds is 5. The number of aromatic nitrogens is 1. The molecule has 1 rings (SSSR count). The summed E-state index contributed by atoms with van der Waals surface area (Å²) >= 11 is 1.28. The summed E-state index contributed by atoms with van der Waals surface area (Å²) in [5, 5.41) is 0. The first-order valence-corrected chi connectivity index (χ1v) is 6.00. The molecule has 0 radical (unpaired) electrons. The van der Waals surface area contributed by atoms with Crippen LogP contribution in [0.4, 0.5) is 13.2 Å². The predicted molar refractivity (Wildman–Crippen MR) is 58.5 cm³/mol. The van der Waals surface area contributed by atoms with Crippen molar-refractivity contribution in [3.05, 3.63) is 23.9 Å². The third kappa shape index (κ3) is 4.64. The van der Waals surface area contributed by atoms with Crippen molar-refractivity contribution in [2.75, 3.05) is 18.6 Å². The molecule has 0 atom stereocenters. The Morgan fingerprint density at radius 3 is 2.82 bits per heavy atom. The smallest absolute Gasteiger partial charge is 0.422 e. The zero-order chi connectivity index (χ0) is 12.9. The van der Waals surface area contributed by atoms with Crippen molar-refractivity contribution in [1.82, 2.24) is 4.98 Å².